The number of phenols is 1. The summed E-state index contributed by atoms with van der Waals surface area (Å²) in [4.78, 5) is 0. The minimum Gasteiger partial charge on any atom is -0.507 e. The smallest absolute Gasteiger partial charge is 0.130 e. The largest absolute Gasteiger partial charge is 0.507 e. The number of alkyl halides is 1. The van der Waals surface area contributed by atoms with Crippen molar-refractivity contribution in [3.05, 3.63) is 28.0 Å². The number of aromatic hydroxyl groups is 1. The van der Waals surface area contributed by atoms with E-state index < -0.39 is 5.82 Å². The van der Waals surface area contributed by atoms with Crippen LogP contribution < -0.4 is 0 Å². The zero-order valence-corrected chi connectivity index (χ0v) is 7.78. The number of phenolic OH excluding ortho intramolecular Hbond substituents is 1. The van der Waals surface area contributed by atoms with Gasteiger partial charge in [0.15, 0.2) is 0 Å². The maximum atomic E-state index is 12.8. The Morgan fingerprint density at radius 3 is 2.64 bits per heavy atom. The zero-order valence-electron chi connectivity index (χ0n) is 5.44. The summed E-state index contributed by atoms with van der Waals surface area (Å²) >= 11 is 8.45. The van der Waals surface area contributed by atoms with E-state index in [0.29, 0.717) is 4.47 Å². The lowest BCUT2D eigenvalue weighted by atomic mass is 10.2. The maximum absolute atomic E-state index is 12.8. The van der Waals surface area contributed by atoms with Gasteiger partial charge in [-0.25, -0.2) is 4.39 Å². The molecule has 0 spiro atoms. The van der Waals surface area contributed by atoms with Crippen LogP contribution in [0.1, 0.15) is 5.56 Å². The average Bonchev–Trinajstić information content (AvgIpc) is 1.99. The monoisotopic (exact) mass is 238 g/mol. The molecule has 0 aliphatic carbocycles. The standard InChI is InChI=1S/C7H5BrClFO/c8-7-4(3-9)5(10)1-2-6(7)11/h1-2,11H,3H2. The molecule has 60 valence electrons. The molecule has 1 N–H and O–H groups in total. The molecule has 0 unspecified atom stereocenters. The van der Waals surface area contributed by atoms with Gasteiger partial charge in [-0.1, -0.05) is 0 Å². The van der Waals surface area contributed by atoms with Gasteiger partial charge in [-0.15, -0.1) is 11.6 Å². The molecule has 0 saturated carbocycles. The number of hydrogen-bond acceptors (Lipinski definition) is 1. The second-order valence-electron chi connectivity index (χ2n) is 1.99. The lowest BCUT2D eigenvalue weighted by Crippen LogP contribution is -1.87. The molecular formula is C7H5BrClFO. The molecule has 0 heterocycles. The highest BCUT2D eigenvalue weighted by Gasteiger charge is 2.08. The number of halogens is 3. The van der Waals surface area contributed by atoms with Crippen molar-refractivity contribution in [2.75, 3.05) is 0 Å². The molecule has 4 heteroatoms. The summed E-state index contributed by atoms with van der Waals surface area (Å²) in [6.07, 6.45) is 0. The van der Waals surface area contributed by atoms with Crippen molar-refractivity contribution in [3.8, 4) is 5.75 Å². The Hall–Kier alpha value is -0.280. The normalized spacial score (nSPS) is 10.1. The van der Waals surface area contributed by atoms with E-state index in [1.807, 2.05) is 0 Å². The molecule has 0 atom stereocenters. The fourth-order valence-electron chi connectivity index (χ4n) is 0.708. The van der Waals surface area contributed by atoms with Crippen LogP contribution in [0.2, 0.25) is 0 Å². The first kappa shape index (κ1) is 8.81. The first-order valence-corrected chi connectivity index (χ1v) is 4.21. The van der Waals surface area contributed by atoms with Crippen molar-refractivity contribution >= 4 is 27.5 Å². The molecule has 11 heavy (non-hydrogen) atoms. The molecule has 1 aromatic rings. The zero-order chi connectivity index (χ0) is 8.43. The summed E-state index contributed by atoms with van der Waals surface area (Å²) in [5.74, 6) is -0.368. The highest BCUT2D eigenvalue weighted by Crippen LogP contribution is 2.30. The molecule has 0 amide bonds. The van der Waals surface area contributed by atoms with Crippen LogP contribution >= 0.6 is 27.5 Å². The van der Waals surface area contributed by atoms with E-state index in [1.165, 1.54) is 12.1 Å². The summed E-state index contributed by atoms with van der Waals surface area (Å²) in [6.45, 7) is 0. The van der Waals surface area contributed by atoms with Gasteiger partial charge in [-0.2, -0.15) is 0 Å². The van der Waals surface area contributed by atoms with Crippen LogP contribution in [-0.2, 0) is 5.88 Å². The van der Waals surface area contributed by atoms with Crippen molar-refractivity contribution in [1.29, 1.82) is 0 Å². The van der Waals surface area contributed by atoms with E-state index in [1.54, 1.807) is 0 Å². The molecule has 1 rings (SSSR count). The van der Waals surface area contributed by atoms with Crippen LogP contribution in [0.5, 0.6) is 5.75 Å². The predicted molar refractivity (Wildman–Crippen MR) is 45.3 cm³/mol. The van der Waals surface area contributed by atoms with Crippen LogP contribution in [0.4, 0.5) is 4.39 Å². The minimum absolute atomic E-state index is 0.00190. The quantitative estimate of drug-likeness (QED) is 0.747. The van der Waals surface area contributed by atoms with Crippen molar-refractivity contribution < 1.29 is 9.50 Å². The molecule has 0 fully saturated rings. The van der Waals surface area contributed by atoms with Crippen LogP contribution in [0.25, 0.3) is 0 Å². The van der Waals surface area contributed by atoms with Crippen molar-refractivity contribution in [2.45, 2.75) is 5.88 Å². The Bertz CT molecular complexity index is 277. The van der Waals surface area contributed by atoms with Gasteiger partial charge in [0.25, 0.3) is 0 Å². The SMILES string of the molecule is Oc1ccc(F)c(CCl)c1Br. The molecular weight excluding hydrogens is 234 g/mol. The summed E-state index contributed by atoms with van der Waals surface area (Å²) in [5.41, 5.74) is 0.284. The maximum Gasteiger partial charge on any atom is 0.130 e. The number of benzene rings is 1. The van der Waals surface area contributed by atoms with Crippen LogP contribution in [0.3, 0.4) is 0 Å². The van der Waals surface area contributed by atoms with Crippen molar-refractivity contribution in [2.24, 2.45) is 0 Å². The Morgan fingerprint density at radius 2 is 2.18 bits per heavy atom. The molecule has 0 aliphatic rings. The Kier molecular flexibility index (Phi) is 2.73. The van der Waals surface area contributed by atoms with E-state index >= 15 is 0 Å². The topological polar surface area (TPSA) is 20.2 Å². The third kappa shape index (κ3) is 1.65. The van der Waals surface area contributed by atoms with Crippen molar-refractivity contribution in [3.63, 3.8) is 0 Å². The fourth-order valence-corrected chi connectivity index (χ4v) is 1.59. The average molecular weight is 239 g/mol. The summed E-state index contributed by atoms with van der Waals surface area (Å²) in [6, 6.07) is 2.45. The van der Waals surface area contributed by atoms with Crippen molar-refractivity contribution in [1.82, 2.24) is 0 Å². The van der Waals surface area contributed by atoms with Crippen LogP contribution in [-0.4, -0.2) is 5.11 Å². The van der Waals surface area contributed by atoms with E-state index in [4.69, 9.17) is 16.7 Å². The molecule has 0 radical (unpaired) electrons. The van der Waals surface area contributed by atoms with E-state index in [-0.39, 0.29) is 17.2 Å². The Labute approximate surface area is 76.9 Å². The highest BCUT2D eigenvalue weighted by molar-refractivity contribution is 9.10. The molecule has 0 aliphatic heterocycles. The van der Waals surface area contributed by atoms with Crippen LogP contribution in [0, 0.1) is 5.82 Å². The summed E-state index contributed by atoms with van der Waals surface area (Å²) < 4.78 is 13.1. The predicted octanol–water partition coefficient (Wildman–Crippen LogP) is 3.03. The van der Waals surface area contributed by atoms with E-state index in [2.05, 4.69) is 15.9 Å². The summed E-state index contributed by atoms with van der Waals surface area (Å²) in [5, 5.41) is 9.08. The van der Waals surface area contributed by atoms with Gasteiger partial charge in [-0.3, -0.25) is 0 Å². The lowest BCUT2D eigenvalue weighted by Gasteiger charge is -2.02. The number of hydrogen-bond donors (Lipinski definition) is 1. The van der Waals surface area contributed by atoms with E-state index in [9.17, 15) is 4.39 Å². The molecule has 1 aromatic carbocycles. The van der Waals surface area contributed by atoms with Gasteiger partial charge in [0.2, 0.25) is 0 Å². The third-order valence-electron chi connectivity index (χ3n) is 1.30. The number of rotatable bonds is 1. The molecule has 1 nitrogen and oxygen atoms in total. The van der Waals surface area contributed by atoms with Gasteiger partial charge in [0, 0.05) is 5.56 Å². The molecule has 0 aromatic heterocycles. The third-order valence-corrected chi connectivity index (χ3v) is 2.45. The van der Waals surface area contributed by atoms with Crippen LogP contribution in [0.15, 0.2) is 16.6 Å². The fraction of sp³-hybridized carbons (Fsp3) is 0.143. The minimum atomic E-state index is -0.412. The van der Waals surface area contributed by atoms with Gasteiger partial charge in [-0.05, 0) is 28.1 Å². The van der Waals surface area contributed by atoms with Gasteiger partial charge < -0.3 is 5.11 Å². The first-order valence-electron chi connectivity index (χ1n) is 2.88. The Balaban J connectivity index is 3.29. The van der Waals surface area contributed by atoms with Gasteiger partial charge in [0.05, 0.1) is 10.4 Å². The van der Waals surface area contributed by atoms with Gasteiger partial charge >= 0.3 is 0 Å². The Morgan fingerprint density at radius 1 is 1.55 bits per heavy atom. The first-order chi connectivity index (χ1) is 5.16. The summed E-state index contributed by atoms with van der Waals surface area (Å²) in [7, 11) is 0. The highest BCUT2D eigenvalue weighted by atomic mass is 79.9. The van der Waals surface area contributed by atoms with E-state index in [0.717, 1.165) is 0 Å². The molecule has 0 bridgehead atoms. The second kappa shape index (κ2) is 3.41. The van der Waals surface area contributed by atoms with Gasteiger partial charge in [0.1, 0.15) is 11.6 Å². The second-order valence-corrected chi connectivity index (χ2v) is 3.05. The molecule has 0 saturated heterocycles. The lowest BCUT2D eigenvalue weighted by molar-refractivity contribution is 0.468.